The van der Waals surface area contributed by atoms with Crippen LogP contribution in [0.15, 0.2) is 84.5 Å². The van der Waals surface area contributed by atoms with Gasteiger partial charge in [-0.25, -0.2) is 0 Å². The van der Waals surface area contributed by atoms with Crippen LogP contribution in [0.3, 0.4) is 0 Å². The lowest BCUT2D eigenvalue weighted by atomic mass is 9.57. The standard InChI is InChI=1S/C28H36/c1-4-5-6-9-18-26-19-20-27(2,21-24-14-10-7-11-15-24)28(3,23-26)22-25-16-12-8-13-17-25/h7-8,10-17,19-20,23H,4-6,9,18,21-22H2,1-3H3. The van der Waals surface area contributed by atoms with Crippen LogP contribution in [0.5, 0.6) is 0 Å². The highest BCUT2D eigenvalue weighted by Crippen LogP contribution is 2.50. The fourth-order valence-electron chi connectivity index (χ4n) is 4.57. The minimum absolute atomic E-state index is 0.108. The van der Waals surface area contributed by atoms with Crippen LogP contribution in [-0.4, -0.2) is 0 Å². The highest BCUT2D eigenvalue weighted by atomic mass is 14.5. The largest absolute Gasteiger partial charge is 0.0771 e. The molecule has 0 heteroatoms. The summed E-state index contributed by atoms with van der Waals surface area (Å²) in [5, 5.41) is 0. The summed E-state index contributed by atoms with van der Waals surface area (Å²) in [4.78, 5) is 0. The topological polar surface area (TPSA) is 0 Å². The molecule has 0 N–H and O–H groups in total. The molecule has 1 aliphatic carbocycles. The second kappa shape index (κ2) is 9.41. The van der Waals surface area contributed by atoms with E-state index in [1.807, 2.05) is 0 Å². The normalized spacial score (nSPS) is 24.2. The summed E-state index contributed by atoms with van der Waals surface area (Å²) < 4.78 is 0. The number of unbranched alkanes of at least 4 members (excludes halogenated alkanes) is 3. The molecule has 0 aromatic heterocycles. The zero-order chi connectivity index (χ0) is 19.9. The summed E-state index contributed by atoms with van der Waals surface area (Å²) in [6.07, 6.45) is 16.2. The van der Waals surface area contributed by atoms with Crippen LogP contribution in [-0.2, 0) is 12.8 Å². The maximum atomic E-state index is 2.61. The molecule has 0 saturated carbocycles. The first kappa shape index (κ1) is 20.6. The van der Waals surface area contributed by atoms with E-state index in [2.05, 4.69) is 99.7 Å². The molecule has 2 aromatic carbocycles. The lowest BCUT2D eigenvalue weighted by molar-refractivity contribution is 0.174. The fraction of sp³-hybridized carbons (Fsp3) is 0.429. The first-order chi connectivity index (χ1) is 13.5. The summed E-state index contributed by atoms with van der Waals surface area (Å²) in [5.41, 5.74) is 4.60. The van der Waals surface area contributed by atoms with Gasteiger partial charge in [-0.05, 0) is 47.6 Å². The van der Waals surface area contributed by atoms with Gasteiger partial charge in [0, 0.05) is 0 Å². The van der Waals surface area contributed by atoms with Crippen molar-refractivity contribution < 1.29 is 0 Å². The van der Waals surface area contributed by atoms with Crippen LogP contribution in [0, 0.1) is 10.8 Å². The van der Waals surface area contributed by atoms with Crippen molar-refractivity contribution in [3.05, 3.63) is 95.6 Å². The van der Waals surface area contributed by atoms with Crippen LogP contribution >= 0.6 is 0 Å². The van der Waals surface area contributed by atoms with Gasteiger partial charge in [-0.2, -0.15) is 0 Å². The smallest absolute Gasteiger partial charge is 0.000882 e. The molecule has 0 saturated heterocycles. The maximum absolute atomic E-state index is 2.61. The summed E-state index contributed by atoms with van der Waals surface area (Å²) in [5.74, 6) is 0. The van der Waals surface area contributed by atoms with Gasteiger partial charge in [0.2, 0.25) is 0 Å². The van der Waals surface area contributed by atoms with Crippen LogP contribution in [0.4, 0.5) is 0 Å². The Kier molecular flexibility index (Phi) is 6.94. The molecule has 0 bridgehead atoms. The van der Waals surface area contributed by atoms with Crippen LogP contribution in [0.2, 0.25) is 0 Å². The van der Waals surface area contributed by atoms with E-state index in [9.17, 15) is 0 Å². The third-order valence-corrected chi connectivity index (χ3v) is 6.62. The Morgan fingerprint density at radius 1 is 0.679 bits per heavy atom. The van der Waals surface area contributed by atoms with Crippen molar-refractivity contribution in [2.24, 2.45) is 10.8 Å². The SMILES string of the molecule is CCCCCCC1=CC(C)(Cc2ccccc2)C(C)(Cc2ccccc2)C=C1. The van der Waals surface area contributed by atoms with Gasteiger partial charge < -0.3 is 0 Å². The van der Waals surface area contributed by atoms with Crippen molar-refractivity contribution in [2.75, 3.05) is 0 Å². The average Bonchev–Trinajstić information content (AvgIpc) is 2.70. The average molecular weight is 373 g/mol. The van der Waals surface area contributed by atoms with E-state index in [-0.39, 0.29) is 10.8 Å². The first-order valence-corrected chi connectivity index (χ1v) is 11.0. The van der Waals surface area contributed by atoms with Gasteiger partial charge in [0.25, 0.3) is 0 Å². The van der Waals surface area contributed by atoms with E-state index >= 15 is 0 Å². The van der Waals surface area contributed by atoms with Gasteiger partial charge in [0.15, 0.2) is 0 Å². The molecule has 2 unspecified atom stereocenters. The first-order valence-electron chi connectivity index (χ1n) is 11.0. The second-order valence-corrected chi connectivity index (χ2v) is 9.02. The van der Waals surface area contributed by atoms with Crippen molar-refractivity contribution >= 4 is 0 Å². The van der Waals surface area contributed by atoms with Crippen molar-refractivity contribution in [3.8, 4) is 0 Å². The molecule has 0 heterocycles. The number of hydrogen-bond acceptors (Lipinski definition) is 0. The van der Waals surface area contributed by atoms with Gasteiger partial charge >= 0.3 is 0 Å². The van der Waals surface area contributed by atoms with Crippen molar-refractivity contribution in [3.63, 3.8) is 0 Å². The van der Waals surface area contributed by atoms with Crippen molar-refractivity contribution in [2.45, 2.75) is 65.7 Å². The molecule has 0 spiro atoms. The Balaban J connectivity index is 1.86. The molecular formula is C28H36. The lowest BCUT2D eigenvalue weighted by Crippen LogP contribution is -2.40. The molecule has 0 amide bonds. The van der Waals surface area contributed by atoms with Gasteiger partial charge in [0.1, 0.15) is 0 Å². The predicted molar refractivity (Wildman–Crippen MR) is 122 cm³/mol. The number of hydrogen-bond donors (Lipinski definition) is 0. The quantitative estimate of drug-likeness (QED) is 0.392. The highest BCUT2D eigenvalue weighted by molar-refractivity contribution is 5.36. The maximum Gasteiger partial charge on any atom is -0.000882 e. The zero-order valence-electron chi connectivity index (χ0n) is 18.0. The number of benzene rings is 2. The third kappa shape index (κ3) is 5.04. The Bertz CT molecular complexity index is 783. The monoisotopic (exact) mass is 372 g/mol. The molecule has 2 atom stereocenters. The second-order valence-electron chi connectivity index (χ2n) is 9.02. The summed E-state index contributed by atoms with van der Waals surface area (Å²) in [6, 6.07) is 22.0. The number of allylic oxidation sites excluding steroid dienone is 4. The van der Waals surface area contributed by atoms with E-state index in [0.717, 1.165) is 12.8 Å². The summed E-state index contributed by atoms with van der Waals surface area (Å²) in [7, 11) is 0. The Labute approximate surface area is 172 Å². The van der Waals surface area contributed by atoms with E-state index in [1.165, 1.54) is 48.8 Å². The van der Waals surface area contributed by atoms with Gasteiger partial charge in [0.05, 0.1) is 0 Å². The third-order valence-electron chi connectivity index (χ3n) is 6.62. The molecular weight excluding hydrogens is 336 g/mol. The Morgan fingerprint density at radius 2 is 1.25 bits per heavy atom. The molecule has 0 fully saturated rings. The minimum Gasteiger partial charge on any atom is -0.0771 e. The molecule has 3 rings (SSSR count). The lowest BCUT2D eigenvalue weighted by Gasteiger charge is -2.46. The zero-order valence-corrected chi connectivity index (χ0v) is 18.0. The van der Waals surface area contributed by atoms with E-state index in [4.69, 9.17) is 0 Å². The van der Waals surface area contributed by atoms with E-state index < -0.39 is 0 Å². The van der Waals surface area contributed by atoms with Crippen LogP contribution in [0.1, 0.15) is 64.0 Å². The predicted octanol–water partition coefficient (Wildman–Crippen LogP) is 7.95. The molecule has 28 heavy (non-hydrogen) atoms. The molecule has 2 aromatic rings. The van der Waals surface area contributed by atoms with Gasteiger partial charge in [-0.1, -0.05) is 124 Å². The van der Waals surface area contributed by atoms with Gasteiger partial charge in [-0.15, -0.1) is 0 Å². The summed E-state index contributed by atoms with van der Waals surface area (Å²) in [6.45, 7) is 7.20. The Hall–Kier alpha value is -2.08. The van der Waals surface area contributed by atoms with E-state index in [0.29, 0.717) is 0 Å². The van der Waals surface area contributed by atoms with Crippen molar-refractivity contribution in [1.82, 2.24) is 0 Å². The molecule has 0 radical (unpaired) electrons. The Morgan fingerprint density at radius 3 is 1.82 bits per heavy atom. The van der Waals surface area contributed by atoms with Crippen LogP contribution < -0.4 is 0 Å². The number of rotatable bonds is 9. The molecule has 1 aliphatic rings. The molecule has 0 aliphatic heterocycles. The van der Waals surface area contributed by atoms with Crippen LogP contribution in [0.25, 0.3) is 0 Å². The van der Waals surface area contributed by atoms with Gasteiger partial charge in [-0.3, -0.25) is 0 Å². The van der Waals surface area contributed by atoms with Crippen molar-refractivity contribution in [1.29, 1.82) is 0 Å². The van der Waals surface area contributed by atoms with E-state index in [1.54, 1.807) is 0 Å². The highest BCUT2D eigenvalue weighted by Gasteiger charge is 2.43. The molecule has 0 nitrogen and oxygen atoms in total. The minimum atomic E-state index is 0.108. The molecule has 148 valence electrons. The summed E-state index contributed by atoms with van der Waals surface area (Å²) >= 11 is 0. The fourth-order valence-corrected chi connectivity index (χ4v) is 4.57.